The molecule has 0 unspecified atom stereocenters. The van der Waals surface area contributed by atoms with E-state index in [9.17, 15) is 4.79 Å². The van der Waals surface area contributed by atoms with Crippen LogP contribution in [0.2, 0.25) is 5.15 Å². The SMILES string of the molecule is COn1[nH]c2nc(Cl)ccc2c1=O. The molecule has 2 aromatic heterocycles. The Balaban J connectivity index is 2.84. The highest BCUT2D eigenvalue weighted by molar-refractivity contribution is 6.29. The third-order valence-corrected chi connectivity index (χ3v) is 1.88. The van der Waals surface area contributed by atoms with Crippen LogP contribution in [0.15, 0.2) is 16.9 Å². The topological polar surface area (TPSA) is 59.9 Å². The van der Waals surface area contributed by atoms with Gasteiger partial charge in [0.1, 0.15) is 12.3 Å². The quantitative estimate of drug-likeness (QED) is 0.678. The van der Waals surface area contributed by atoms with Crippen molar-refractivity contribution in [3.63, 3.8) is 0 Å². The van der Waals surface area contributed by atoms with Gasteiger partial charge in [-0.05, 0) is 12.1 Å². The maximum absolute atomic E-state index is 11.4. The van der Waals surface area contributed by atoms with Gasteiger partial charge in [0.2, 0.25) is 0 Å². The Kier molecular flexibility index (Phi) is 1.73. The molecule has 13 heavy (non-hydrogen) atoms. The van der Waals surface area contributed by atoms with Gasteiger partial charge in [-0.3, -0.25) is 4.79 Å². The van der Waals surface area contributed by atoms with Crippen LogP contribution in [0.4, 0.5) is 0 Å². The molecule has 0 saturated heterocycles. The fourth-order valence-corrected chi connectivity index (χ4v) is 1.23. The first-order valence-corrected chi connectivity index (χ1v) is 3.92. The fraction of sp³-hybridized carbons (Fsp3) is 0.143. The summed E-state index contributed by atoms with van der Waals surface area (Å²) in [6.07, 6.45) is 0. The van der Waals surface area contributed by atoms with Gasteiger partial charge in [0.25, 0.3) is 0 Å². The lowest BCUT2D eigenvalue weighted by molar-refractivity contribution is 0.128. The average molecular weight is 200 g/mol. The highest BCUT2D eigenvalue weighted by Crippen LogP contribution is 2.09. The highest BCUT2D eigenvalue weighted by Gasteiger charge is 2.07. The van der Waals surface area contributed by atoms with Crippen LogP contribution in [0.1, 0.15) is 0 Å². The Morgan fingerprint density at radius 3 is 3.08 bits per heavy atom. The number of rotatable bonds is 1. The molecule has 0 atom stereocenters. The normalized spacial score (nSPS) is 10.6. The summed E-state index contributed by atoms with van der Waals surface area (Å²) >= 11 is 5.64. The summed E-state index contributed by atoms with van der Waals surface area (Å²) in [5.74, 6) is 0. The standard InChI is InChI=1S/C7H6ClN3O2/c1-13-11-7(12)4-2-3-5(8)9-6(4)10-11/h2-3H,1H3,(H,9,10). The van der Waals surface area contributed by atoms with Gasteiger partial charge >= 0.3 is 5.56 Å². The first-order valence-electron chi connectivity index (χ1n) is 3.54. The Labute approximate surface area is 77.8 Å². The summed E-state index contributed by atoms with van der Waals surface area (Å²) in [4.78, 5) is 21.0. The zero-order chi connectivity index (χ0) is 9.42. The number of pyridine rings is 1. The third-order valence-electron chi connectivity index (χ3n) is 1.67. The zero-order valence-corrected chi connectivity index (χ0v) is 7.50. The van der Waals surface area contributed by atoms with E-state index in [0.29, 0.717) is 16.2 Å². The lowest BCUT2D eigenvalue weighted by atomic mass is 10.4. The van der Waals surface area contributed by atoms with Crippen LogP contribution in [-0.2, 0) is 0 Å². The van der Waals surface area contributed by atoms with Crippen molar-refractivity contribution in [2.45, 2.75) is 0 Å². The van der Waals surface area contributed by atoms with Crippen LogP contribution in [0.3, 0.4) is 0 Å². The number of hydrogen-bond donors (Lipinski definition) is 1. The smallest absolute Gasteiger partial charge is 0.311 e. The predicted molar refractivity (Wildman–Crippen MR) is 47.9 cm³/mol. The predicted octanol–water partition coefficient (Wildman–Crippen LogP) is 0.436. The Bertz CT molecular complexity index is 502. The first-order chi connectivity index (χ1) is 6.22. The molecule has 2 rings (SSSR count). The summed E-state index contributed by atoms with van der Waals surface area (Å²) in [5, 5.41) is 3.42. The molecular weight excluding hydrogens is 194 g/mol. The van der Waals surface area contributed by atoms with E-state index in [2.05, 4.69) is 10.1 Å². The molecule has 0 amide bonds. The highest BCUT2D eigenvalue weighted by atomic mass is 35.5. The van der Waals surface area contributed by atoms with Crippen molar-refractivity contribution in [3.8, 4) is 0 Å². The molecule has 2 aromatic rings. The van der Waals surface area contributed by atoms with E-state index < -0.39 is 0 Å². The molecule has 0 saturated carbocycles. The minimum absolute atomic E-state index is 0.276. The second-order valence-corrected chi connectivity index (χ2v) is 2.81. The molecule has 5 nitrogen and oxygen atoms in total. The number of H-pyrrole nitrogens is 1. The summed E-state index contributed by atoms with van der Waals surface area (Å²) < 4.78 is 0. The van der Waals surface area contributed by atoms with E-state index in [0.717, 1.165) is 4.85 Å². The van der Waals surface area contributed by atoms with E-state index in [1.807, 2.05) is 0 Å². The Hall–Kier alpha value is -1.49. The van der Waals surface area contributed by atoms with Gasteiger partial charge in [0.15, 0.2) is 5.65 Å². The minimum Gasteiger partial charge on any atom is -0.398 e. The number of halogens is 1. The van der Waals surface area contributed by atoms with Crippen molar-refractivity contribution < 1.29 is 4.84 Å². The third kappa shape index (κ3) is 1.17. The molecule has 0 aromatic carbocycles. The van der Waals surface area contributed by atoms with Crippen LogP contribution in [0.5, 0.6) is 0 Å². The summed E-state index contributed by atoms with van der Waals surface area (Å²) in [5.41, 5.74) is 0.140. The van der Waals surface area contributed by atoms with Crippen molar-refractivity contribution in [1.82, 2.24) is 14.9 Å². The Morgan fingerprint density at radius 2 is 2.38 bits per heavy atom. The van der Waals surface area contributed by atoms with Gasteiger partial charge in [-0.15, -0.1) is 0 Å². The molecule has 0 spiro atoms. The van der Waals surface area contributed by atoms with Crippen molar-refractivity contribution in [3.05, 3.63) is 27.6 Å². The van der Waals surface area contributed by atoms with Crippen molar-refractivity contribution in [1.29, 1.82) is 0 Å². The second-order valence-electron chi connectivity index (χ2n) is 2.42. The molecule has 68 valence electrons. The van der Waals surface area contributed by atoms with Gasteiger partial charge in [-0.1, -0.05) is 16.4 Å². The molecular formula is C7H6ClN3O2. The number of nitrogens with zero attached hydrogens (tertiary/aromatic N) is 2. The van der Waals surface area contributed by atoms with Crippen molar-refractivity contribution >= 4 is 22.6 Å². The van der Waals surface area contributed by atoms with E-state index in [-0.39, 0.29) is 5.56 Å². The molecule has 0 fully saturated rings. The lowest BCUT2D eigenvalue weighted by Gasteiger charge is -1.93. The lowest BCUT2D eigenvalue weighted by Crippen LogP contribution is -2.21. The van der Waals surface area contributed by atoms with E-state index in [1.54, 1.807) is 12.1 Å². The van der Waals surface area contributed by atoms with Gasteiger partial charge < -0.3 is 4.84 Å². The molecule has 0 bridgehead atoms. The number of nitrogens with one attached hydrogen (secondary N) is 1. The van der Waals surface area contributed by atoms with Crippen LogP contribution >= 0.6 is 11.6 Å². The molecule has 1 N–H and O–H groups in total. The summed E-state index contributed by atoms with van der Waals surface area (Å²) in [7, 11) is 1.39. The van der Waals surface area contributed by atoms with Gasteiger partial charge in [0.05, 0.1) is 5.39 Å². The molecule has 0 aliphatic rings. The van der Waals surface area contributed by atoms with E-state index in [4.69, 9.17) is 16.4 Å². The molecule has 6 heteroatoms. The number of hydrogen-bond acceptors (Lipinski definition) is 3. The molecule has 0 aliphatic heterocycles. The van der Waals surface area contributed by atoms with Crippen LogP contribution in [-0.4, -0.2) is 22.0 Å². The van der Waals surface area contributed by atoms with Crippen LogP contribution in [0.25, 0.3) is 11.0 Å². The molecule has 0 radical (unpaired) electrons. The van der Waals surface area contributed by atoms with Crippen molar-refractivity contribution in [2.24, 2.45) is 0 Å². The minimum atomic E-state index is -0.276. The van der Waals surface area contributed by atoms with Crippen molar-refractivity contribution in [2.75, 3.05) is 7.11 Å². The van der Waals surface area contributed by atoms with E-state index in [1.165, 1.54) is 7.11 Å². The fourth-order valence-electron chi connectivity index (χ4n) is 1.08. The first kappa shape index (κ1) is 8.12. The summed E-state index contributed by atoms with van der Waals surface area (Å²) in [6, 6.07) is 3.15. The monoisotopic (exact) mass is 199 g/mol. The van der Waals surface area contributed by atoms with E-state index >= 15 is 0 Å². The largest absolute Gasteiger partial charge is 0.398 e. The molecule has 0 aliphatic carbocycles. The van der Waals surface area contributed by atoms with Gasteiger partial charge in [-0.2, -0.15) is 0 Å². The van der Waals surface area contributed by atoms with Gasteiger partial charge in [-0.25, -0.2) is 10.1 Å². The Morgan fingerprint density at radius 1 is 1.62 bits per heavy atom. The van der Waals surface area contributed by atoms with Crippen LogP contribution < -0.4 is 10.4 Å². The average Bonchev–Trinajstić information content (AvgIpc) is 2.42. The number of aromatic nitrogens is 3. The maximum Gasteiger partial charge on any atom is 0.311 e. The molecule has 2 heterocycles. The number of fused-ring (bicyclic) bond motifs is 1. The maximum atomic E-state index is 11.4. The zero-order valence-electron chi connectivity index (χ0n) is 6.74. The number of aromatic amines is 1. The second kappa shape index (κ2) is 2.77. The van der Waals surface area contributed by atoms with Gasteiger partial charge in [0, 0.05) is 0 Å². The summed E-state index contributed by atoms with van der Waals surface area (Å²) in [6.45, 7) is 0. The van der Waals surface area contributed by atoms with Crippen LogP contribution in [0, 0.1) is 0 Å².